The zero-order chi connectivity index (χ0) is 13.9. The largest absolute Gasteiger partial charge is 0.416 e. The molecule has 1 aliphatic carbocycles. The average Bonchev–Trinajstić information content (AvgIpc) is 2.36. The second-order valence-corrected chi connectivity index (χ2v) is 5.54. The van der Waals surface area contributed by atoms with Crippen LogP contribution in [0.4, 0.5) is 13.2 Å². The topological polar surface area (TPSA) is 12.0 Å². The van der Waals surface area contributed by atoms with Crippen LogP contribution < -0.4 is 5.32 Å². The van der Waals surface area contributed by atoms with Gasteiger partial charge in [0.05, 0.1) is 5.56 Å². The molecule has 0 aliphatic heterocycles. The van der Waals surface area contributed by atoms with Gasteiger partial charge >= 0.3 is 6.18 Å². The fraction of sp³-hybridized carbons (Fsp3) is 0.600. The van der Waals surface area contributed by atoms with Crippen LogP contribution in [-0.2, 0) is 12.7 Å². The third kappa shape index (κ3) is 4.23. The van der Waals surface area contributed by atoms with Gasteiger partial charge in [-0.1, -0.05) is 31.9 Å². The first kappa shape index (κ1) is 14.4. The maximum Gasteiger partial charge on any atom is 0.416 e. The van der Waals surface area contributed by atoms with E-state index in [1.807, 2.05) is 0 Å². The van der Waals surface area contributed by atoms with Crippen LogP contribution in [-0.4, -0.2) is 6.04 Å². The molecule has 0 amide bonds. The van der Waals surface area contributed by atoms with Gasteiger partial charge in [-0.2, -0.15) is 13.2 Å². The standard InChI is InChI=1S/C15H20F3N/c1-11-3-2-4-14(9-11)19-10-12-5-7-13(8-6-12)15(16,17)18/h5-8,11,14,19H,2-4,9-10H2,1H3. The summed E-state index contributed by atoms with van der Waals surface area (Å²) in [7, 11) is 0. The van der Waals surface area contributed by atoms with Crippen LogP contribution in [0.5, 0.6) is 0 Å². The molecule has 19 heavy (non-hydrogen) atoms. The molecule has 0 spiro atoms. The second kappa shape index (κ2) is 5.95. The van der Waals surface area contributed by atoms with E-state index in [1.54, 1.807) is 12.1 Å². The Kier molecular flexibility index (Phi) is 4.50. The predicted octanol–water partition coefficient (Wildman–Crippen LogP) is 4.37. The van der Waals surface area contributed by atoms with E-state index in [9.17, 15) is 13.2 Å². The summed E-state index contributed by atoms with van der Waals surface area (Å²) in [5.74, 6) is 0.749. The molecule has 2 atom stereocenters. The normalized spacial score (nSPS) is 24.4. The number of alkyl halides is 3. The number of rotatable bonds is 3. The second-order valence-electron chi connectivity index (χ2n) is 5.54. The van der Waals surface area contributed by atoms with Crippen LogP contribution in [0, 0.1) is 5.92 Å². The van der Waals surface area contributed by atoms with Crippen molar-refractivity contribution in [3.63, 3.8) is 0 Å². The van der Waals surface area contributed by atoms with Crippen LogP contribution in [0.1, 0.15) is 43.7 Å². The molecular formula is C15H20F3N. The molecule has 0 saturated heterocycles. The van der Waals surface area contributed by atoms with Gasteiger partial charge in [-0.25, -0.2) is 0 Å². The molecule has 1 nitrogen and oxygen atoms in total. The molecule has 0 radical (unpaired) electrons. The minimum Gasteiger partial charge on any atom is -0.310 e. The zero-order valence-corrected chi connectivity index (χ0v) is 11.1. The minimum atomic E-state index is -4.25. The van der Waals surface area contributed by atoms with Gasteiger partial charge in [0.2, 0.25) is 0 Å². The Morgan fingerprint density at radius 3 is 2.42 bits per heavy atom. The summed E-state index contributed by atoms with van der Waals surface area (Å²) in [6.45, 7) is 2.90. The molecule has 1 aromatic carbocycles. The highest BCUT2D eigenvalue weighted by Crippen LogP contribution is 2.29. The highest BCUT2D eigenvalue weighted by molar-refractivity contribution is 5.24. The molecule has 2 unspecified atom stereocenters. The van der Waals surface area contributed by atoms with Crippen LogP contribution in [0.2, 0.25) is 0 Å². The van der Waals surface area contributed by atoms with Crippen LogP contribution in [0.15, 0.2) is 24.3 Å². The summed E-state index contributed by atoms with van der Waals surface area (Å²) in [5.41, 5.74) is 0.328. The lowest BCUT2D eigenvalue weighted by Crippen LogP contribution is -2.33. The quantitative estimate of drug-likeness (QED) is 0.860. The van der Waals surface area contributed by atoms with E-state index in [0.29, 0.717) is 12.6 Å². The fourth-order valence-corrected chi connectivity index (χ4v) is 2.69. The molecule has 1 aliphatic rings. The van der Waals surface area contributed by atoms with Crippen molar-refractivity contribution in [2.45, 2.75) is 51.4 Å². The molecular weight excluding hydrogens is 251 g/mol. The highest BCUT2D eigenvalue weighted by atomic mass is 19.4. The molecule has 1 aromatic rings. The van der Waals surface area contributed by atoms with Crippen molar-refractivity contribution in [3.8, 4) is 0 Å². The lowest BCUT2D eigenvalue weighted by atomic mass is 9.87. The first-order valence-corrected chi connectivity index (χ1v) is 6.84. The van der Waals surface area contributed by atoms with E-state index in [-0.39, 0.29) is 0 Å². The maximum atomic E-state index is 12.4. The van der Waals surface area contributed by atoms with Crippen molar-refractivity contribution in [2.75, 3.05) is 0 Å². The van der Waals surface area contributed by atoms with Gasteiger partial charge in [-0.15, -0.1) is 0 Å². The van der Waals surface area contributed by atoms with Crippen molar-refractivity contribution in [1.29, 1.82) is 0 Å². The summed E-state index contributed by atoms with van der Waals surface area (Å²) >= 11 is 0. The lowest BCUT2D eigenvalue weighted by molar-refractivity contribution is -0.137. The van der Waals surface area contributed by atoms with Crippen molar-refractivity contribution < 1.29 is 13.2 Å². The smallest absolute Gasteiger partial charge is 0.310 e. The minimum absolute atomic E-state index is 0.506. The SMILES string of the molecule is CC1CCCC(NCc2ccc(C(F)(F)F)cc2)C1. The molecule has 0 heterocycles. The first-order chi connectivity index (χ1) is 8.95. The first-order valence-electron chi connectivity index (χ1n) is 6.84. The van der Waals surface area contributed by atoms with E-state index in [0.717, 1.165) is 23.6 Å². The van der Waals surface area contributed by atoms with Gasteiger partial charge in [-0.3, -0.25) is 0 Å². The monoisotopic (exact) mass is 271 g/mol. The molecule has 0 bridgehead atoms. The Morgan fingerprint density at radius 2 is 1.84 bits per heavy atom. The molecule has 1 N–H and O–H groups in total. The van der Waals surface area contributed by atoms with Crippen molar-refractivity contribution in [2.24, 2.45) is 5.92 Å². The third-order valence-corrected chi connectivity index (χ3v) is 3.81. The van der Waals surface area contributed by atoms with E-state index >= 15 is 0 Å². The van der Waals surface area contributed by atoms with Crippen molar-refractivity contribution >= 4 is 0 Å². The fourth-order valence-electron chi connectivity index (χ4n) is 2.69. The lowest BCUT2D eigenvalue weighted by Gasteiger charge is -2.27. The van der Waals surface area contributed by atoms with Gasteiger partial charge in [0.25, 0.3) is 0 Å². The van der Waals surface area contributed by atoms with Gasteiger partial charge in [-0.05, 0) is 36.5 Å². The number of hydrogen-bond donors (Lipinski definition) is 1. The van der Waals surface area contributed by atoms with Gasteiger partial charge < -0.3 is 5.32 Å². The third-order valence-electron chi connectivity index (χ3n) is 3.81. The Morgan fingerprint density at radius 1 is 1.16 bits per heavy atom. The molecule has 2 rings (SSSR count). The Bertz CT molecular complexity index is 397. The van der Waals surface area contributed by atoms with E-state index in [4.69, 9.17) is 0 Å². The highest BCUT2D eigenvalue weighted by Gasteiger charge is 2.29. The number of benzene rings is 1. The summed E-state index contributed by atoms with van der Waals surface area (Å²) < 4.78 is 37.3. The molecule has 106 valence electrons. The van der Waals surface area contributed by atoms with Crippen LogP contribution in [0.3, 0.4) is 0 Å². The summed E-state index contributed by atoms with van der Waals surface area (Å²) in [4.78, 5) is 0. The number of hydrogen-bond acceptors (Lipinski definition) is 1. The van der Waals surface area contributed by atoms with Gasteiger partial charge in [0, 0.05) is 12.6 Å². The predicted molar refractivity (Wildman–Crippen MR) is 69.7 cm³/mol. The van der Waals surface area contributed by atoms with E-state index in [2.05, 4.69) is 12.2 Å². The van der Waals surface area contributed by atoms with E-state index < -0.39 is 11.7 Å². The number of nitrogens with one attached hydrogen (secondary N) is 1. The Hall–Kier alpha value is -1.03. The van der Waals surface area contributed by atoms with Gasteiger partial charge in [0.1, 0.15) is 0 Å². The molecule has 1 fully saturated rings. The maximum absolute atomic E-state index is 12.4. The van der Waals surface area contributed by atoms with E-state index in [1.165, 1.54) is 25.7 Å². The van der Waals surface area contributed by atoms with Crippen LogP contribution in [0.25, 0.3) is 0 Å². The molecule has 1 saturated carbocycles. The van der Waals surface area contributed by atoms with Crippen LogP contribution >= 0.6 is 0 Å². The average molecular weight is 271 g/mol. The summed E-state index contributed by atoms with van der Waals surface area (Å²) in [6, 6.07) is 5.93. The zero-order valence-electron chi connectivity index (χ0n) is 11.1. The van der Waals surface area contributed by atoms with Crippen molar-refractivity contribution in [1.82, 2.24) is 5.32 Å². The Balaban J connectivity index is 1.86. The summed E-state index contributed by atoms with van der Waals surface area (Å²) in [6.07, 6.45) is 0.626. The molecule has 0 aromatic heterocycles. The van der Waals surface area contributed by atoms with Crippen molar-refractivity contribution in [3.05, 3.63) is 35.4 Å². The summed E-state index contributed by atoms with van der Waals surface area (Å²) in [5, 5.41) is 3.45. The molecule has 4 heteroatoms. The Labute approximate surface area is 112 Å². The van der Waals surface area contributed by atoms with Gasteiger partial charge in [0.15, 0.2) is 0 Å². The number of halogens is 3.